The molecule has 0 aromatic heterocycles. The highest BCUT2D eigenvalue weighted by molar-refractivity contribution is 6.28. The lowest BCUT2D eigenvalue weighted by Gasteiger charge is -2.23. The summed E-state index contributed by atoms with van der Waals surface area (Å²) in [5.74, 6) is 0. The van der Waals surface area contributed by atoms with Crippen LogP contribution in [0.2, 0.25) is 0 Å². The maximum atomic E-state index is 2.49. The Morgan fingerprint density at radius 2 is 0.338 bits per heavy atom. The van der Waals surface area contributed by atoms with E-state index in [0.29, 0.717) is 0 Å². The molecule has 29 rings (SSSR count). The number of benzene rings is 26. The monoisotopic (exact) mass is 1840 g/mol. The van der Waals surface area contributed by atoms with Crippen molar-refractivity contribution in [3.05, 3.63) is 543 Å². The van der Waals surface area contributed by atoms with Gasteiger partial charge in [0.15, 0.2) is 0 Å². The quantitative estimate of drug-likeness (QED) is 0.120. The zero-order chi connectivity index (χ0) is 96.9. The van der Waals surface area contributed by atoms with Crippen LogP contribution in [0, 0.1) is 0 Å². The fourth-order valence-corrected chi connectivity index (χ4v) is 25.3. The van der Waals surface area contributed by atoms with Crippen LogP contribution in [0.3, 0.4) is 0 Å². The molecule has 0 aliphatic heterocycles. The minimum Gasteiger partial charge on any atom is -0.0622 e. The smallest absolute Gasteiger partial charge is 0.0159 e. The molecular formula is C145H102. The number of hydrogen-bond acceptors (Lipinski definition) is 0. The highest BCUT2D eigenvalue weighted by Gasteiger charge is 2.39. The molecule has 0 N–H and O–H groups in total. The molecule has 0 fully saturated rings. The van der Waals surface area contributed by atoms with E-state index in [1.807, 2.05) is 0 Å². The van der Waals surface area contributed by atoms with Gasteiger partial charge < -0.3 is 0 Å². The Labute approximate surface area is 846 Å². The lowest BCUT2D eigenvalue weighted by molar-refractivity contribution is 0.660. The molecule has 26 aromatic carbocycles. The van der Waals surface area contributed by atoms with Gasteiger partial charge in [-0.2, -0.15) is 0 Å². The van der Waals surface area contributed by atoms with Crippen molar-refractivity contribution in [3.63, 3.8) is 0 Å². The van der Waals surface area contributed by atoms with E-state index in [1.165, 1.54) is 286 Å². The van der Waals surface area contributed by atoms with Crippen molar-refractivity contribution in [3.8, 4) is 145 Å². The topological polar surface area (TPSA) is 0 Å². The first kappa shape index (κ1) is 86.4. The van der Waals surface area contributed by atoms with E-state index in [-0.39, 0.29) is 16.2 Å². The third kappa shape index (κ3) is 14.2. The van der Waals surface area contributed by atoms with E-state index < -0.39 is 0 Å². The van der Waals surface area contributed by atoms with Crippen molar-refractivity contribution in [2.24, 2.45) is 0 Å². The minimum atomic E-state index is -0.0848. The first-order chi connectivity index (χ1) is 71.2. The summed E-state index contributed by atoms with van der Waals surface area (Å²) in [6, 6.07) is 189. The second-order valence-electron chi connectivity index (χ2n) is 41.4. The number of fused-ring (bicyclic) bond motifs is 19. The van der Waals surface area contributed by atoms with E-state index in [2.05, 4.69) is 551 Å². The molecule has 0 atom stereocenters. The second kappa shape index (κ2) is 34.4. The van der Waals surface area contributed by atoms with Crippen LogP contribution in [0.25, 0.3) is 252 Å². The molecule has 0 bridgehead atoms. The maximum Gasteiger partial charge on any atom is 0.0159 e. The van der Waals surface area contributed by atoms with Crippen molar-refractivity contribution in [1.29, 1.82) is 0 Å². The molecule has 26 aromatic rings. The molecule has 0 saturated heterocycles. The molecule has 0 saturated carbocycles. The number of hydrogen-bond donors (Lipinski definition) is 0. The Morgan fingerprint density at radius 3 is 0.779 bits per heavy atom. The number of rotatable bonds is 10. The van der Waals surface area contributed by atoms with Gasteiger partial charge in [-0.3, -0.25) is 0 Å². The summed E-state index contributed by atoms with van der Waals surface area (Å²) in [6.45, 7) is 14.2. The van der Waals surface area contributed by atoms with Crippen LogP contribution in [-0.4, -0.2) is 0 Å². The normalized spacial score (nSPS) is 13.2. The van der Waals surface area contributed by atoms with Crippen LogP contribution in [0.15, 0.2) is 510 Å². The Morgan fingerprint density at radius 1 is 0.103 bits per heavy atom. The summed E-state index contributed by atoms with van der Waals surface area (Å²) < 4.78 is 0. The van der Waals surface area contributed by atoms with Crippen LogP contribution >= 0.6 is 0 Å². The summed E-state index contributed by atoms with van der Waals surface area (Å²) in [5, 5.41) is 25.4. The lowest BCUT2D eigenvalue weighted by Crippen LogP contribution is -2.14. The molecule has 3 aliphatic rings. The highest BCUT2D eigenvalue weighted by Crippen LogP contribution is 2.58. The molecule has 682 valence electrons. The van der Waals surface area contributed by atoms with Gasteiger partial charge in [0.1, 0.15) is 0 Å². The summed E-state index contributed by atoms with van der Waals surface area (Å²) in [7, 11) is 0. The average Bonchev–Trinajstić information content (AvgIpc) is 1.70. The largest absolute Gasteiger partial charge is 0.0622 e. The van der Waals surface area contributed by atoms with Gasteiger partial charge in [0, 0.05) is 16.2 Å². The Bertz CT molecular complexity index is 9810. The molecule has 0 heteroatoms. The summed E-state index contributed by atoms with van der Waals surface area (Å²) in [4.78, 5) is 0. The first-order valence-electron chi connectivity index (χ1n) is 51.1. The Kier molecular flexibility index (Phi) is 20.5. The van der Waals surface area contributed by atoms with Gasteiger partial charge in [-0.1, -0.05) is 509 Å². The molecule has 0 radical (unpaired) electrons. The fourth-order valence-electron chi connectivity index (χ4n) is 25.3. The molecule has 145 heavy (non-hydrogen) atoms. The predicted octanol–water partition coefficient (Wildman–Crippen LogP) is 40.2. The summed E-state index contributed by atoms with van der Waals surface area (Å²) in [5.41, 5.74) is 41.6. The summed E-state index contributed by atoms with van der Waals surface area (Å²) in [6.07, 6.45) is 0. The van der Waals surface area contributed by atoms with Gasteiger partial charge in [0.25, 0.3) is 0 Å². The minimum absolute atomic E-state index is 0.0573. The van der Waals surface area contributed by atoms with Crippen molar-refractivity contribution in [2.45, 2.75) is 57.8 Å². The van der Waals surface area contributed by atoms with Crippen LogP contribution in [0.1, 0.15) is 74.9 Å². The van der Waals surface area contributed by atoms with Crippen LogP contribution in [-0.2, 0) is 16.2 Å². The zero-order valence-corrected chi connectivity index (χ0v) is 82.0. The fraction of sp³-hybridized carbons (Fsp3) is 0.0621. The Hall–Kier alpha value is -17.7. The van der Waals surface area contributed by atoms with Crippen LogP contribution < -0.4 is 0 Å². The van der Waals surface area contributed by atoms with E-state index in [0.717, 1.165) is 0 Å². The zero-order valence-electron chi connectivity index (χ0n) is 82.0. The predicted molar refractivity (Wildman–Crippen MR) is 621 cm³/mol. The molecule has 0 unspecified atom stereocenters. The van der Waals surface area contributed by atoms with E-state index in [4.69, 9.17) is 0 Å². The van der Waals surface area contributed by atoms with E-state index in [9.17, 15) is 0 Å². The van der Waals surface area contributed by atoms with Gasteiger partial charge in [0.2, 0.25) is 0 Å². The third-order valence-corrected chi connectivity index (χ3v) is 32.4. The van der Waals surface area contributed by atoms with Gasteiger partial charge in [0.05, 0.1) is 0 Å². The van der Waals surface area contributed by atoms with Gasteiger partial charge >= 0.3 is 0 Å². The van der Waals surface area contributed by atoms with E-state index in [1.54, 1.807) is 0 Å². The second-order valence-corrected chi connectivity index (χ2v) is 41.4. The van der Waals surface area contributed by atoms with Gasteiger partial charge in [-0.25, -0.2) is 0 Å². The lowest BCUT2D eigenvalue weighted by atomic mass is 9.80. The standard InChI is InChI=1S/C54H40.C46H30.C45H32/c1-53(2)47-19-11-9-15-39(47)41-26-23-36(31-49(41)53)35-24-28-45-46(30-35)52(38-25-27-42-40-16-10-12-20-48(40)54(3,4)50(42)32-38)44-18-8-7-17-43(44)51(45)37-22-21-33-13-5-6-14-34(33)29-37;1-2-12-31(13-3-1)32-24-26-35(27-25-32)45-41-20-8-9-21-42(41)46(40-23-11-17-34-15-5-7-19-38(34)40)44-30-36(28-29-43(44)45)39-22-10-16-33-14-4-6-18-37(33)39;1-45(2)41-22-11-10-18-34(41)35-25-24-32(28-42(35)45)43-37-19-8-9-20-38(37)44(36-21-12-16-30-15-6-7-17-33(30)36)40-27-31(23-26-39(40)43)29-13-4-3-5-14-29/h5-32H,1-4H3;1-30H;3-28H,1-2H3. The highest BCUT2D eigenvalue weighted by atomic mass is 14.4. The van der Waals surface area contributed by atoms with Crippen molar-refractivity contribution >= 4 is 108 Å². The Balaban J connectivity index is 0.000000109. The third-order valence-electron chi connectivity index (χ3n) is 32.4. The van der Waals surface area contributed by atoms with Crippen molar-refractivity contribution in [1.82, 2.24) is 0 Å². The molecule has 0 spiro atoms. The molecule has 3 aliphatic carbocycles. The van der Waals surface area contributed by atoms with Gasteiger partial charge in [-0.15, -0.1) is 0 Å². The molecule has 0 nitrogen and oxygen atoms in total. The molecular weight excluding hydrogens is 1740 g/mol. The van der Waals surface area contributed by atoms with Crippen LogP contribution in [0.4, 0.5) is 0 Å². The molecule has 0 amide bonds. The van der Waals surface area contributed by atoms with Crippen molar-refractivity contribution in [2.75, 3.05) is 0 Å². The SMILES string of the molecule is CC1(C)c2ccccc2-c2ccc(-c3c4ccccc4c(-c4cccc5ccccc45)c4cc(-c5ccccc5)ccc34)cc21.CC1(C)c2ccccc2-c2ccc(-c3ccc4c(-c5ccc6ccccc6c5)c5ccccc5c(-c5ccc6c(c5)C(C)(C)c5ccccc5-6)c4c3)cc21.c1ccc(-c2ccc(-c3c4ccccc4c(-c4cccc5ccccc45)c4cc(-c5cccc6ccccc56)ccc34)cc2)cc1. The van der Waals surface area contributed by atoms with Gasteiger partial charge in [-0.05, 0) is 328 Å². The first-order valence-corrected chi connectivity index (χ1v) is 51.1. The summed E-state index contributed by atoms with van der Waals surface area (Å²) >= 11 is 0. The van der Waals surface area contributed by atoms with Crippen molar-refractivity contribution < 1.29 is 0 Å². The van der Waals surface area contributed by atoms with E-state index >= 15 is 0 Å². The maximum absolute atomic E-state index is 2.49. The average molecular weight is 1840 g/mol. The molecule has 0 heterocycles. The van der Waals surface area contributed by atoms with Crippen LogP contribution in [0.5, 0.6) is 0 Å².